The number of amides is 1. The highest BCUT2D eigenvalue weighted by atomic mass is 19.1. The molecule has 0 aliphatic carbocycles. The summed E-state index contributed by atoms with van der Waals surface area (Å²) in [5, 5.41) is 3.36. The van der Waals surface area contributed by atoms with Gasteiger partial charge in [-0.05, 0) is 31.0 Å². The third-order valence-electron chi connectivity index (χ3n) is 4.06. The average molecular weight is 277 g/mol. The number of carbonyl (C=O) groups excluding carboxylic acids is 1. The minimum atomic E-state index is -0.278. The smallest absolute Gasteiger partial charge is 0.241 e. The molecule has 2 heterocycles. The maximum absolute atomic E-state index is 13.4. The number of rotatable bonds is 2. The molecule has 1 fully saturated rings. The summed E-state index contributed by atoms with van der Waals surface area (Å²) < 4.78 is 13.4. The Kier molecular flexibility index (Phi) is 3.72. The number of hydrogen-bond donors (Lipinski definition) is 1. The molecule has 0 spiro atoms. The predicted molar refractivity (Wildman–Crippen MR) is 76.4 cm³/mol. The maximum Gasteiger partial charge on any atom is 0.241 e. The summed E-state index contributed by atoms with van der Waals surface area (Å²) in [7, 11) is 0. The summed E-state index contributed by atoms with van der Waals surface area (Å²) in [5.41, 5.74) is 1.81. The Morgan fingerprint density at radius 1 is 1.45 bits per heavy atom. The van der Waals surface area contributed by atoms with Gasteiger partial charge in [0.05, 0.1) is 6.54 Å². The van der Waals surface area contributed by atoms with E-state index in [2.05, 4.69) is 17.1 Å². The number of carbonyl (C=O) groups is 1. The van der Waals surface area contributed by atoms with Crippen LogP contribution in [0.15, 0.2) is 18.2 Å². The molecule has 0 saturated carbocycles. The van der Waals surface area contributed by atoms with Gasteiger partial charge in [-0.25, -0.2) is 4.39 Å². The normalized spacial score (nSPS) is 22.9. The SMILES string of the molecule is CC1CN(CC(=O)N2CCc3ccc(F)cc32)CCN1. The van der Waals surface area contributed by atoms with Crippen LogP contribution in [0.25, 0.3) is 0 Å². The Bertz CT molecular complexity index is 520. The van der Waals surface area contributed by atoms with Crippen molar-refractivity contribution in [2.75, 3.05) is 37.6 Å². The highest BCUT2D eigenvalue weighted by Gasteiger charge is 2.27. The first-order chi connectivity index (χ1) is 9.63. The van der Waals surface area contributed by atoms with Crippen LogP contribution in [0.3, 0.4) is 0 Å². The van der Waals surface area contributed by atoms with Gasteiger partial charge in [-0.1, -0.05) is 6.07 Å². The summed E-state index contributed by atoms with van der Waals surface area (Å²) in [6.45, 7) is 5.90. The number of halogens is 1. The minimum Gasteiger partial charge on any atom is -0.312 e. The number of nitrogens with one attached hydrogen (secondary N) is 1. The Morgan fingerprint density at radius 3 is 3.10 bits per heavy atom. The van der Waals surface area contributed by atoms with E-state index in [1.807, 2.05) is 0 Å². The first kappa shape index (κ1) is 13.5. The molecule has 1 saturated heterocycles. The van der Waals surface area contributed by atoms with Crippen molar-refractivity contribution in [3.05, 3.63) is 29.6 Å². The van der Waals surface area contributed by atoms with Crippen molar-refractivity contribution in [3.8, 4) is 0 Å². The predicted octanol–water partition coefficient (Wildman–Crippen LogP) is 1.01. The standard InChI is InChI=1S/C15H20FN3O/c1-11-9-18(7-5-17-11)10-15(20)19-6-4-12-2-3-13(16)8-14(12)19/h2-3,8,11,17H,4-7,9-10H2,1H3. The highest BCUT2D eigenvalue weighted by Crippen LogP contribution is 2.28. The summed E-state index contributed by atoms with van der Waals surface area (Å²) >= 11 is 0. The second kappa shape index (κ2) is 5.50. The molecule has 2 aliphatic rings. The number of benzene rings is 1. The third-order valence-corrected chi connectivity index (χ3v) is 4.06. The molecule has 1 unspecified atom stereocenters. The molecule has 1 amide bonds. The van der Waals surface area contributed by atoms with Crippen molar-refractivity contribution in [1.29, 1.82) is 0 Å². The molecule has 1 aromatic rings. The van der Waals surface area contributed by atoms with E-state index in [0.717, 1.165) is 37.3 Å². The molecule has 3 rings (SSSR count). The van der Waals surface area contributed by atoms with Crippen molar-refractivity contribution in [2.24, 2.45) is 0 Å². The first-order valence-corrected chi connectivity index (χ1v) is 7.18. The topological polar surface area (TPSA) is 35.6 Å². The summed E-state index contributed by atoms with van der Waals surface area (Å²) in [4.78, 5) is 16.3. The molecular weight excluding hydrogens is 257 g/mol. The van der Waals surface area contributed by atoms with Gasteiger partial charge in [0.2, 0.25) is 5.91 Å². The zero-order valence-electron chi connectivity index (χ0n) is 11.7. The van der Waals surface area contributed by atoms with Crippen LogP contribution in [-0.2, 0) is 11.2 Å². The van der Waals surface area contributed by atoms with E-state index in [4.69, 9.17) is 0 Å². The lowest BCUT2D eigenvalue weighted by Crippen LogP contribution is -2.52. The van der Waals surface area contributed by atoms with Crippen molar-refractivity contribution in [2.45, 2.75) is 19.4 Å². The van der Waals surface area contributed by atoms with E-state index in [1.54, 1.807) is 11.0 Å². The second-order valence-corrected chi connectivity index (χ2v) is 5.66. The van der Waals surface area contributed by atoms with Gasteiger partial charge in [0, 0.05) is 37.9 Å². The largest absolute Gasteiger partial charge is 0.312 e. The fraction of sp³-hybridized carbons (Fsp3) is 0.533. The number of hydrogen-bond acceptors (Lipinski definition) is 3. The Morgan fingerprint density at radius 2 is 2.30 bits per heavy atom. The van der Waals surface area contributed by atoms with Crippen LogP contribution in [0.4, 0.5) is 10.1 Å². The highest BCUT2D eigenvalue weighted by molar-refractivity contribution is 5.96. The number of nitrogens with zero attached hydrogens (tertiary/aromatic N) is 2. The van der Waals surface area contributed by atoms with Crippen molar-refractivity contribution in [3.63, 3.8) is 0 Å². The van der Waals surface area contributed by atoms with Gasteiger partial charge in [0.1, 0.15) is 5.82 Å². The molecule has 2 aliphatic heterocycles. The van der Waals surface area contributed by atoms with E-state index in [0.29, 0.717) is 19.1 Å². The molecule has 108 valence electrons. The molecule has 0 radical (unpaired) electrons. The lowest BCUT2D eigenvalue weighted by atomic mass is 10.2. The van der Waals surface area contributed by atoms with Crippen molar-refractivity contribution in [1.82, 2.24) is 10.2 Å². The second-order valence-electron chi connectivity index (χ2n) is 5.66. The zero-order chi connectivity index (χ0) is 14.1. The van der Waals surface area contributed by atoms with Crippen LogP contribution in [0.2, 0.25) is 0 Å². The maximum atomic E-state index is 13.4. The Labute approximate surface area is 118 Å². The molecular formula is C15H20FN3O. The van der Waals surface area contributed by atoms with Gasteiger partial charge in [-0.3, -0.25) is 9.69 Å². The zero-order valence-corrected chi connectivity index (χ0v) is 11.7. The number of anilines is 1. The van der Waals surface area contributed by atoms with E-state index in [1.165, 1.54) is 12.1 Å². The molecule has 1 aromatic carbocycles. The van der Waals surface area contributed by atoms with Crippen LogP contribution < -0.4 is 10.2 Å². The van der Waals surface area contributed by atoms with E-state index >= 15 is 0 Å². The Balaban J connectivity index is 1.69. The van der Waals surface area contributed by atoms with Crippen LogP contribution in [0.1, 0.15) is 12.5 Å². The van der Waals surface area contributed by atoms with Gasteiger partial charge in [-0.15, -0.1) is 0 Å². The fourth-order valence-corrected chi connectivity index (χ4v) is 3.04. The molecule has 1 atom stereocenters. The monoisotopic (exact) mass is 277 g/mol. The quantitative estimate of drug-likeness (QED) is 0.876. The van der Waals surface area contributed by atoms with Crippen LogP contribution in [-0.4, -0.2) is 49.6 Å². The molecule has 0 aromatic heterocycles. The molecule has 5 heteroatoms. The van der Waals surface area contributed by atoms with Gasteiger partial charge < -0.3 is 10.2 Å². The van der Waals surface area contributed by atoms with Gasteiger partial charge in [0.15, 0.2) is 0 Å². The van der Waals surface area contributed by atoms with E-state index in [9.17, 15) is 9.18 Å². The van der Waals surface area contributed by atoms with Gasteiger partial charge >= 0.3 is 0 Å². The average Bonchev–Trinajstić information content (AvgIpc) is 2.81. The van der Waals surface area contributed by atoms with Gasteiger partial charge in [-0.2, -0.15) is 0 Å². The number of piperazine rings is 1. The summed E-state index contributed by atoms with van der Waals surface area (Å²) in [6, 6.07) is 5.14. The first-order valence-electron chi connectivity index (χ1n) is 7.18. The summed E-state index contributed by atoms with van der Waals surface area (Å²) in [6.07, 6.45) is 0.819. The van der Waals surface area contributed by atoms with Crippen molar-refractivity contribution < 1.29 is 9.18 Å². The van der Waals surface area contributed by atoms with E-state index < -0.39 is 0 Å². The third kappa shape index (κ3) is 2.69. The molecule has 20 heavy (non-hydrogen) atoms. The minimum absolute atomic E-state index is 0.0726. The van der Waals surface area contributed by atoms with Crippen molar-refractivity contribution >= 4 is 11.6 Å². The van der Waals surface area contributed by atoms with E-state index in [-0.39, 0.29) is 11.7 Å². The van der Waals surface area contributed by atoms with Crippen LogP contribution in [0.5, 0.6) is 0 Å². The molecule has 4 nitrogen and oxygen atoms in total. The van der Waals surface area contributed by atoms with Crippen LogP contribution >= 0.6 is 0 Å². The van der Waals surface area contributed by atoms with Crippen LogP contribution in [0, 0.1) is 5.82 Å². The lowest BCUT2D eigenvalue weighted by Gasteiger charge is -2.32. The van der Waals surface area contributed by atoms with Gasteiger partial charge in [0.25, 0.3) is 0 Å². The summed E-state index contributed by atoms with van der Waals surface area (Å²) in [5.74, 6) is -0.206. The Hall–Kier alpha value is -1.46. The fourth-order valence-electron chi connectivity index (χ4n) is 3.04. The lowest BCUT2D eigenvalue weighted by molar-refractivity contribution is -0.119. The molecule has 1 N–H and O–H groups in total. The number of fused-ring (bicyclic) bond motifs is 1. The molecule has 0 bridgehead atoms.